The maximum atomic E-state index is 14.5. The summed E-state index contributed by atoms with van der Waals surface area (Å²) >= 11 is 0. The Bertz CT molecular complexity index is 1250. The molecule has 34 heavy (non-hydrogen) atoms. The molecule has 0 aliphatic heterocycles. The number of ether oxygens (including phenoxy) is 1. The van der Waals surface area contributed by atoms with Gasteiger partial charge in [-0.25, -0.2) is 9.37 Å². The fraction of sp³-hybridized carbons (Fsp3) is 0.292. The molecule has 0 bridgehead atoms. The number of hydrogen-bond donors (Lipinski definition) is 2. The fourth-order valence-electron chi connectivity index (χ4n) is 4.05. The van der Waals surface area contributed by atoms with Gasteiger partial charge in [0.05, 0.1) is 18.3 Å². The first kappa shape index (κ1) is 24.9. The van der Waals surface area contributed by atoms with Crippen LogP contribution in [0.2, 0.25) is 0 Å². The van der Waals surface area contributed by atoms with E-state index in [1.165, 1.54) is 50.4 Å². The van der Waals surface area contributed by atoms with E-state index in [1.54, 1.807) is 0 Å². The Kier molecular flexibility index (Phi) is 6.81. The van der Waals surface area contributed by atoms with E-state index in [-0.39, 0.29) is 34.6 Å². The number of methoxy groups -OCH3 is 1. The highest BCUT2D eigenvalue weighted by atomic mass is 19.4. The van der Waals surface area contributed by atoms with Crippen LogP contribution in [0.15, 0.2) is 48.5 Å². The molecule has 1 heterocycles. The molecule has 6 nitrogen and oxygen atoms in total. The molecule has 0 saturated carbocycles. The number of nitrogens with one attached hydrogen (secondary N) is 1. The third-order valence-corrected chi connectivity index (χ3v) is 5.97. The van der Waals surface area contributed by atoms with Gasteiger partial charge in [-0.1, -0.05) is 13.0 Å². The van der Waals surface area contributed by atoms with Crippen molar-refractivity contribution < 1.29 is 31.9 Å². The Balaban J connectivity index is 2.11. The third kappa shape index (κ3) is 4.40. The molecule has 2 amide bonds. The smallest absolute Gasteiger partial charge is 0.403 e. The highest BCUT2D eigenvalue weighted by molar-refractivity contribution is 6.04. The Morgan fingerprint density at radius 3 is 2.44 bits per heavy atom. The van der Waals surface area contributed by atoms with Gasteiger partial charge in [-0.15, -0.1) is 0 Å². The predicted octanol–water partition coefficient (Wildman–Crippen LogP) is 5.18. The van der Waals surface area contributed by atoms with Crippen LogP contribution in [0, 0.1) is 11.2 Å². The zero-order valence-electron chi connectivity index (χ0n) is 18.7. The molecule has 3 aromatic rings. The number of primary amides is 1. The monoisotopic (exact) mass is 477 g/mol. The topological polar surface area (TPSA) is 94.3 Å². The van der Waals surface area contributed by atoms with Crippen molar-refractivity contribution in [2.75, 3.05) is 12.4 Å². The van der Waals surface area contributed by atoms with E-state index >= 15 is 0 Å². The SMILES string of the molecule is CCC(c1cc(F)ccc1OC)C(C)(C(=O)Nc1cccc2nc(C(N)=O)ccc12)C(F)(F)F. The molecule has 0 saturated heterocycles. The van der Waals surface area contributed by atoms with Crippen molar-refractivity contribution in [1.82, 2.24) is 4.98 Å². The van der Waals surface area contributed by atoms with Gasteiger partial charge in [0.1, 0.15) is 22.7 Å². The molecule has 0 fully saturated rings. The summed E-state index contributed by atoms with van der Waals surface area (Å²) in [7, 11) is 1.26. The standard InChI is InChI=1S/C24H23F4N3O3/c1-4-16(15-12-13(25)8-11-20(15)34-3)23(2,24(26,27)28)22(33)31-18-7-5-6-17-14(18)9-10-19(30-17)21(29)32/h5-12,16H,4H2,1-3H3,(H2,29,32)(H,31,33). The summed E-state index contributed by atoms with van der Waals surface area (Å²) in [6.07, 6.45) is -5.11. The first-order valence-electron chi connectivity index (χ1n) is 10.3. The zero-order chi connectivity index (χ0) is 25.3. The number of carbonyl (C=O) groups excluding carboxylic acids is 2. The molecular formula is C24H23F4N3O3. The Labute approximate surface area is 193 Å². The van der Waals surface area contributed by atoms with Gasteiger partial charge in [0.25, 0.3) is 5.91 Å². The lowest BCUT2D eigenvalue weighted by Crippen LogP contribution is -2.50. The number of carbonyl (C=O) groups is 2. The van der Waals surface area contributed by atoms with Gasteiger partial charge < -0.3 is 15.8 Å². The summed E-state index contributed by atoms with van der Waals surface area (Å²) in [6.45, 7) is 2.27. The maximum absolute atomic E-state index is 14.5. The van der Waals surface area contributed by atoms with Crippen molar-refractivity contribution in [2.45, 2.75) is 32.4 Å². The molecule has 2 atom stereocenters. The van der Waals surface area contributed by atoms with Crippen LogP contribution < -0.4 is 15.8 Å². The van der Waals surface area contributed by atoms with Crippen molar-refractivity contribution in [3.63, 3.8) is 0 Å². The van der Waals surface area contributed by atoms with Crippen molar-refractivity contribution >= 4 is 28.4 Å². The van der Waals surface area contributed by atoms with Gasteiger partial charge in [0.15, 0.2) is 0 Å². The molecule has 10 heteroatoms. The number of alkyl halides is 3. The lowest BCUT2D eigenvalue weighted by Gasteiger charge is -2.38. The van der Waals surface area contributed by atoms with Crippen LogP contribution in [0.5, 0.6) is 5.75 Å². The zero-order valence-corrected chi connectivity index (χ0v) is 18.7. The van der Waals surface area contributed by atoms with E-state index in [2.05, 4.69) is 10.3 Å². The van der Waals surface area contributed by atoms with Crippen LogP contribution in [0.4, 0.5) is 23.2 Å². The van der Waals surface area contributed by atoms with Gasteiger partial charge in [0.2, 0.25) is 5.91 Å². The minimum Gasteiger partial charge on any atom is -0.496 e. The minimum atomic E-state index is -4.99. The largest absolute Gasteiger partial charge is 0.496 e. The second-order valence-corrected chi connectivity index (χ2v) is 7.93. The predicted molar refractivity (Wildman–Crippen MR) is 119 cm³/mol. The molecular weight excluding hydrogens is 454 g/mol. The number of nitrogens with zero attached hydrogens (tertiary/aromatic N) is 1. The number of anilines is 1. The second-order valence-electron chi connectivity index (χ2n) is 7.93. The van der Waals surface area contributed by atoms with Crippen LogP contribution in [0.3, 0.4) is 0 Å². The maximum Gasteiger partial charge on any atom is 0.403 e. The van der Waals surface area contributed by atoms with Crippen LogP contribution in [0.25, 0.3) is 10.9 Å². The van der Waals surface area contributed by atoms with Crippen molar-refractivity contribution in [1.29, 1.82) is 0 Å². The van der Waals surface area contributed by atoms with Crippen molar-refractivity contribution in [3.8, 4) is 5.75 Å². The van der Waals surface area contributed by atoms with Gasteiger partial charge >= 0.3 is 6.18 Å². The quantitative estimate of drug-likeness (QED) is 0.459. The Morgan fingerprint density at radius 2 is 1.85 bits per heavy atom. The van der Waals surface area contributed by atoms with Crippen LogP contribution >= 0.6 is 0 Å². The number of nitrogens with two attached hydrogens (primary N) is 1. The average Bonchev–Trinajstić information content (AvgIpc) is 2.78. The number of fused-ring (bicyclic) bond motifs is 1. The molecule has 1 aromatic heterocycles. The molecule has 0 radical (unpaired) electrons. The highest BCUT2D eigenvalue weighted by Gasteiger charge is 2.61. The molecule has 180 valence electrons. The fourth-order valence-corrected chi connectivity index (χ4v) is 4.05. The lowest BCUT2D eigenvalue weighted by molar-refractivity contribution is -0.221. The second kappa shape index (κ2) is 9.28. The first-order chi connectivity index (χ1) is 15.9. The third-order valence-electron chi connectivity index (χ3n) is 5.97. The molecule has 0 aliphatic rings. The number of amides is 2. The highest BCUT2D eigenvalue weighted by Crippen LogP contribution is 2.52. The van der Waals surface area contributed by atoms with Crippen molar-refractivity contribution in [3.05, 3.63) is 65.6 Å². The number of benzene rings is 2. The van der Waals surface area contributed by atoms with E-state index in [0.29, 0.717) is 5.39 Å². The molecule has 2 aromatic carbocycles. The summed E-state index contributed by atoms with van der Waals surface area (Å²) in [6, 6.07) is 10.5. The van der Waals surface area contributed by atoms with E-state index in [4.69, 9.17) is 10.5 Å². The average molecular weight is 477 g/mol. The lowest BCUT2D eigenvalue weighted by atomic mass is 9.70. The minimum absolute atomic E-state index is 0.0275. The number of rotatable bonds is 7. The normalized spacial score (nSPS) is 14.3. The van der Waals surface area contributed by atoms with Gasteiger partial charge in [-0.2, -0.15) is 13.2 Å². The molecule has 0 spiro atoms. The van der Waals surface area contributed by atoms with Crippen LogP contribution in [-0.4, -0.2) is 30.1 Å². The Hall–Kier alpha value is -3.69. The number of halogens is 4. The molecule has 3 rings (SSSR count). The van der Waals surface area contributed by atoms with Crippen LogP contribution in [-0.2, 0) is 4.79 Å². The molecule has 3 N–H and O–H groups in total. The Morgan fingerprint density at radius 1 is 1.15 bits per heavy atom. The van der Waals surface area contributed by atoms with E-state index < -0.39 is 35.1 Å². The summed E-state index contributed by atoms with van der Waals surface area (Å²) in [5.41, 5.74) is 2.54. The summed E-state index contributed by atoms with van der Waals surface area (Å²) in [5, 5.41) is 2.69. The number of pyridine rings is 1. The van der Waals surface area contributed by atoms with Crippen molar-refractivity contribution in [2.24, 2.45) is 11.1 Å². The van der Waals surface area contributed by atoms with Gasteiger partial charge in [-0.05, 0) is 55.8 Å². The molecule has 0 aliphatic carbocycles. The number of aromatic nitrogens is 1. The van der Waals surface area contributed by atoms with Crippen LogP contribution in [0.1, 0.15) is 42.2 Å². The van der Waals surface area contributed by atoms with E-state index in [1.807, 2.05) is 0 Å². The number of hydrogen-bond acceptors (Lipinski definition) is 4. The summed E-state index contributed by atoms with van der Waals surface area (Å²) in [5.74, 6) is -4.25. The van der Waals surface area contributed by atoms with Gasteiger partial charge in [0, 0.05) is 16.9 Å². The summed E-state index contributed by atoms with van der Waals surface area (Å²) < 4.78 is 62.7. The van der Waals surface area contributed by atoms with Gasteiger partial charge in [-0.3, -0.25) is 9.59 Å². The summed E-state index contributed by atoms with van der Waals surface area (Å²) in [4.78, 5) is 28.8. The molecule has 2 unspecified atom stereocenters. The van der Waals surface area contributed by atoms with E-state index in [9.17, 15) is 27.2 Å². The van der Waals surface area contributed by atoms with E-state index in [0.717, 1.165) is 19.1 Å². The first-order valence-corrected chi connectivity index (χ1v) is 10.3.